The van der Waals surface area contributed by atoms with Gasteiger partial charge in [0.2, 0.25) is 15.9 Å². The van der Waals surface area contributed by atoms with Gasteiger partial charge in [0.15, 0.2) is 11.5 Å². The van der Waals surface area contributed by atoms with Crippen molar-refractivity contribution in [2.75, 3.05) is 40.5 Å². The largest absolute Gasteiger partial charge is 0.497 e. The van der Waals surface area contributed by atoms with Gasteiger partial charge in [-0.3, -0.25) is 4.79 Å². The summed E-state index contributed by atoms with van der Waals surface area (Å²) in [6, 6.07) is 12.3. The Morgan fingerprint density at radius 3 is 2.38 bits per heavy atom. The summed E-state index contributed by atoms with van der Waals surface area (Å²) in [4.78, 5) is 14.8. The Bertz CT molecular complexity index is 1060. The first-order valence-electron chi connectivity index (χ1n) is 10.7. The molecule has 172 valence electrons. The molecule has 4 rings (SSSR count). The van der Waals surface area contributed by atoms with E-state index in [1.807, 2.05) is 24.3 Å². The van der Waals surface area contributed by atoms with Crippen LogP contribution in [0.3, 0.4) is 0 Å². The highest BCUT2D eigenvalue weighted by atomic mass is 32.2. The van der Waals surface area contributed by atoms with Crippen LogP contribution in [0.4, 0.5) is 0 Å². The Kier molecular flexibility index (Phi) is 6.57. The van der Waals surface area contributed by atoms with Crippen LogP contribution in [0.2, 0.25) is 0 Å². The Morgan fingerprint density at radius 1 is 1.06 bits per heavy atom. The monoisotopic (exact) mass is 460 g/mol. The van der Waals surface area contributed by atoms with Crippen LogP contribution in [0, 0.1) is 5.92 Å². The molecule has 1 saturated heterocycles. The highest BCUT2D eigenvalue weighted by Crippen LogP contribution is 2.34. The van der Waals surface area contributed by atoms with E-state index in [9.17, 15) is 13.2 Å². The molecule has 0 aliphatic carbocycles. The molecule has 0 unspecified atom stereocenters. The average molecular weight is 461 g/mol. The molecule has 8 nitrogen and oxygen atoms in total. The number of piperidine rings is 1. The van der Waals surface area contributed by atoms with E-state index < -0.39 is 10.0 Å². The lowest BCUT2D eigenvalue weighted by molar-refractivity contribution is -0.135. The molecule has 0 radical (unpaired) electrons. The average Bonchev–Trinajstić information content (AvgIpc) is 2.83. The fourth-order valence-electron chi connectivity index (χ4n) is 4.07. The summed E-state index contributed by atoms with van der Waals surface area (Å²) in [5.74, 6) is 1.62. The van der Waals surface area contributed by atoms with E-state index in [4.69, 9.17) is 14.2 Å². The molecule has 2 aromatic carbocycles. The molecule has 0 bridgehead atoms. The lowest BCUT2D eigenvalue weighted by atomic mass is 9.96. The van der Waals surface area contributed by atoms with Gasteiger partial charge in [-0.15, -0.1) is 0 Å². The van der Waals surface area contributed by atoms with Gasteiger partial charge < -0.3 is 19.1 Å². The molecule has 1 amide bonds. The quantitative estimate of drug-likeness (QED) is 0.659. The van der Waals surface area contributed by atoms with Crippen LogP contribution in [0.1, 0.15) is 18.4 Å². The second kappa shape index (κ2) is 9.38. The highest BCUT2D eigenvalue weighted by molar-refractivity contribution is 7.89. The molecular weight excluding hydrogens is 432 g/mol. The zero-order chi connectivity index (χ0) is 22.7. The van der Waals surface area contributed by atoms with Gasteiger partial charge in [0.25, 0.3) is 0 Å². The molecule has 0 atom stereocenters. The van der Waals surface area contributed by atoms with E-state index in [1.165, 1.54) is 10.4 Å². The lowest BCUT2D eigenvalue weighted by Crippen LogP contribution is -2.43. The van der Waals surface area contributed by atoms with E-state index in [-0.39, 0.29) is 16.7 Å². The Hall–Kier alpha value is -2.78. The summed E-state index contributed by atoms with van der Waals surface area (Å²) in [5, 5.41) is 0. The number of rotatable bonds is 6. The zero-order valence-corrected chi connectivity index (χ0v) is 19.1. The van der Waals surface area contributed by atoms with Crippen LogP contribution in [0.5, 0.6) is 17.2 Å². The number of sulfonamides is 1. The molecule has 9 heteroatoms. The molecule has 2 aromatic rings. The van der Waals surface area contributed by atoms with Crippen LogP contribution in [-0.4, -0.2) is 64.0 Å². The minimum absolute atomic E-state index is 0.0391. The van der Waals surface area contributed by atoms with Gasteiger partial charge in [-0.05, 0) is 42.7 Å². The maximum Gasteiger partial charge on any atom is 0.243 e. The summed E-state index contributed by atoms with van der Waals surface area (Å²) in [5.41, 5.74) is 1.01. The number of nitrogens with zero attached hydrogens (tertiary/aromatic N) is 2. The summed E-state index contributed by atoms with van der Waals surface area (Å²) >= 11 is 0. The number of amides is 1. The third-order valence-corrected chi connectivity index (χ3v) is 7.80. The van der Waals surface area contributed by atoms with E-state index >= 15 is 0 Å². The predicted molar refractivity (Wildman–Crippen MR) is 118 cm³/mol. The standard InChI is InChI=1S/C23H28N2O6S/c1-24(16-17-3-5-19(29-2)6-4-17)23(26)18-9-11-25(12-10-18)32(27,28)20-7-8-21-22(15-20)31-14-13-30-21/h3-8,15,18H,9-14,16H2,1-2H3. The number of ether oxygens (including phenoxy) is 3. The molecule has 1 fully saturated rings. The van der Waals surface area contributed by atoms with Crippen molar-refractivity contribution in [1.82, 2.24) is 9.21 Å². The fourth-order valence-corrected chi connectivity index (χ4v) is 5.56. The van der Waals surface area contributed by atoms with Gasteiger partial charge in [-0.1, -0.05) is 12.1 Å². The summed E-state index contributed by atoms with van der Waals surface area (Å²) < 4.78 is 43.8. The Morgan fingerprint density at radius 2 is 1.72 bits per heavy atom. The Balaban J connectivity index is 1.36. The molecule has 0 N–H and O–H groups in total. The molecular formula is C23H28N2O6S. The predicted octanol–water partition coefficient (Wildman–Crippen LogP) is 2.53. The minimum atomic E-state index is -3.66. The molecule has 0 spiro atoms. The van der Waals surface area contributed by atoms with Gasteiger partial charge in [-0.2, -0.15) is 4.31 Å². The van der Waals surface area contributed by atoms with E-state index in [0.29, 0.717) is 57.2 Å². The minimum Gasteiger partial charge on any atom is -0.497 e. The SMILES string of the molecule is COc1ccc(CN(C)C(=O)C2CCN(S(=O)(=O)c3ccc4c(c3)OCCO4)CC2)cc1. The van der Waals surface area contributed by atoms with Crippen LogP contribution in [0.25, 0.3) is 0 Å². The third-order valence-electron chi connectivity index (χ3n) is 5.91. The van der Waals surface area contributed by atoms with E-state index in [0.717, 1.165) is 11.3 Å². The van der Waals surface area contributed by atoms with Gasteiger partial charge >= 0.3 is 0 Å². The normalized spacial score (nSPS) is 17.1. The lowest BCUT2D eigenvalue weighted by Gasteiger charge is -2.32. The van der Waals surface area contributed by atoms with Gasteiger partial charge in [0, 0.05) is 38.7 Å². The molecule has 0 saturated carbocycles. The van der Waals surface area contributed by atoms with E-state index in [1.54, 1.807) is 31.2 Å². The van der Waals surface area contributed by atoms with Crippen LogP contribution in [0.15, 0.2) is 47.4 Å². The van der Waals surface area contributed by atoms with Crippen molar-refractivity contribution in [3.63, 3.8) is 0 Å². The second-order valence-electron chi connectivity index (χ2n) is 8.03. The van der Waals surface area contributed by atoms with Crippen molar-refractivity contribution in [1.29, 1.82) is 0 Å². The summed E-state index contributed by atoms with van der Waals surface area (Å²) in [6.07, 6.45) is 0.991. The molecule has 32 heavy (non-hydrogen) atoms. The molecule has 2 aliphatic heterocycles. The van der Waals surface area contributed by atoms with Gasteiger partial charge in [0.05, 0.1) is 12.0 Å². The first-order chi connectivity index (χ1) is 15.4. The molecule has 0 aromatic heterocycles. The maximum atomic E-state index is 13.1. The van der Waals surface area contributed by atoms with Crippen molar-refractivity contribution in [2.45, 2.75) is 24.3 Å². The number of fused-ring (bicyclic) bond motifs is 1. The number of methoxy groups -OCH3 is 1. The Labute approximate surface area is 188 Å². The fraction of sp³-hybridized carbons (Fsp3) is 0.435. The number of carbonyl (C=O) groups excluding carboxylic acids is 1. The third kappa shape index (κ3) is 4.68. The van der Waals surface area contributed by atoms with Crippen molar-refractivity contribution in [2.24, 2.45) is 5.92 Å². The smallest absolute Gasteiger partial charge is 0.243 e. The van der Waals surface area contributed by atoms with Gasteiger partial charge in [0.1, 0.15) is 19.0 Å². The van der Waals surface area contributed by atoms with Crippen molar-refractivity contribution < 1.29 is 27.4 Å². The highest BCUT2D eigenvalue weighted by Gasteiger charge is 2.33. The van der Waals surface area contributed by atoms with E-state index in [2.05, 4.69) is 0 Å². The number of carbonyl (C=O) groups is 1. The zero-order valence-electron chi connectivity index (χ0n) is 18.3. The van der Waals surface area contributed by atoms with Crippen LogP contribution >= 0.6 is 0 Å². The second-order valence-corrected chi connectivity index (χ2v) is 9.96. The molecule has 2 heterocycles. The number of benzene rings is 2. The van der Waals surface area contributed by atoms with Crippen LogP contribution < -0.4 is 14.2 Å². The topological polar surface area (TPSA) is 85.4 Å². The first kappa shape index (κ1) is 22.4. The summed E-state index contributed by atoms with van der Waals surface area (Å²) in [6.45, 7) is 1.97. The first-order valence-corrected chi connectivity index (χ1v) is 12.1. The number of hydrogen-bond donors (Lipinski definition) is 0. The molecule has 2 aliphatic rings. The van der Waals surface area contributed by atoms with Crippen molar-refractivity contribution in [3.8, 4) is 17.2 Å². The number of hydrogen-bond acceptors (Lipinski definition) is 6. The van der Waals surface area contributed by atoms with Crippen molar-refractivity contribution in [3.05, 3.63) is 48.0 Å². The van der Waals surface area contributed by atoms with Crippen LogP contribution in [-0.2, 0) is 21.4 Å². The maximum absolute atomic E-state index is 13.1. The summed E-state index contributed by atoms with van der Waals surface area (Å²) in [7, 11) is -0.260. The van der Waals surface area contributed by atoms with Crippen molar-refractivity contribution >= 4 is 15.9 Å². The van der Waals surface area contributed by atoms with Gasteiger partial charge in [-0.25, -0.2) is 8.42 Å².